The molecule has 0 heterocycles. The maximum absolute atomic E-state index is 15.3. The Bertz CT molecular complexity index is 955. The van der Waals surface area contributed by atoms with Gasteiger partial charge in [0, 0.05) is 0 Å². The number of allylic oxidation sites excluding steroid dienone is 2. The molecule has 0 radical (unpaired) electrons. The first kappa shape index (κ1) is 21.1. The summed E-state index contributed by atoms with van der Waals surface area (Å²) in [7, 11) is 0. The van der Waals surface area contributed by atoms with Crippen molar-refractivity contribution in [1.29, 1.82) is 0 Å². The van der Waals surface area contributed by atoms with Gasteiger partial charge >= 0.3 is 0 Å². The van der Waals surface area contributed by atoms with E-state index in [1.807, 2.05) is 0 Å². The second kappa shape index (κ2) is 8.52. The summed E-state index contributed by atoms with van der Waals surface area (Å²) in [5.74, 6) is -5.21. The van der Waals surface area contributed by atoms with E-state index in [1.54, 1.807) is 0 Å². The van der Waals surface area contributed by atoms with E-state index in [9.17, 15) is 17.6 Å². The molecule has 0 spiro atoms. The monoisotopic (exact) mass is 420 g/mol. The van der Waals surface area contributed by atoms with Gasteiger partial charge in [0.25, 0.3) is 0 Å². The van der Waals surface area contributed by atoms with E-state index < -0.39 is 34.6 Å². The van der Waals surface area contributed by atoms with Gasteiger partial charge < -0.3 is 0 Å². The molecule has 160 valence electrons. The van der Waals surface area contributed by atoms with Gasteiger partial charge in [-0.2, -0.15) is 0 Å². The van der Waals surface area contributed by atoms with Crippen molar-refractivity contribution in [3.8, 4) is 11.1 Å². The highest BCUT2D eigenvalue weighted by Gasteiger charge is 2.37. The second-order valence-electron chi connectivity index (χ2n) is 8.56. The van der Waals surface area contributed by atoms with Crippen LogP contribution in [0.5, 0.6) is 0 Å². The fourth-order valence-corrected chi connectivity index (χ4v) is 5.22. The largest absolute Gasteiger partial charge is 0.206 e. The average molecular weight is 420 g/mol. The van der Waals surface area contributed by atoms with Crippen LogP contribution in [0.2, 0.25) is 0 Å². The van der Waals surface area contributed by atoms with Crippen LogP contribution >= 0.6 is 0 Å². The predicted octanol–water partition coefficient (Wildman–Crippen LogP) is 7.85. The average Bonchev–Trinajstić information content (AvgIpc) is 2.72. The summed E-state index contributed by atoms with van der Waals surface area (Å²) in [6.45, 7) is 2.14. The Morgan fingerprint density at radius 2 is 1.63 bits per heavy atom. The number of fused-ring (bicyclic) bond motifs is 3. The molecule has 1 saturated carbocycles. The van der Waals surface area contributed by atoms with Crippen LogP contribution in [0.4, 0.5) is 22.0 Å². The van der Waals surface area contributed by atoms with Crippen LogP contribution in [0.1, 0.15) is 62.5 Å². The molecule has 0 aromatic heterocycles. The van der Waals surface area contributed by atoms with Crippen molar-refractivity contribution in [2.75, 3.05) is 0 Å². The summed E-state index contributed by atoms with van der Waals surface area (Å²) in [5, 5.41) is 0. The number of rotatable bonds is 4. The summed E-state index contributed by atoms with van der Waals surface area (Å²) in [6, 6.07) is 2.62. The highest BCUT2D eigenvalue weighted by molar-refractivity contribution is 5.67. The van der Waals surface area contributed by atoms with Crippen LogP contribution < -0.4 is 0 Å². The maximum Gasteiger partial charge on any atom is 0.194 e. The van der Waals surface area contributed by atoms with Crippen molar-refractivity contribution in [2.24, 2.45) is 11.8 Å². The van der Waals surface area contributed by atoms with Gasteiger partial charge in [0.2, 0.25) is 0 Å². The molecule has 0 amide bonds. The smallest absolute Gasteiger partial charge is 0.194 e. The van der Waals surface area contributed by atoms with E-state index in [1.165, 1.54) is 6.07 Å². The van der Waals surface area contributed by atoms with Crippen molar-refractivity contribution in [3.05, 3.63) is 70.6 Å². The Labute approximate surface area is 173 Å². The number of halogens is 5. The van der Waals surface area contributed by atoms with Crippen molar-refractivity contribution in [1.82, 2.24) is 0 Å². The molecule has 0 nitrogen and oxygen atoms in total. The molecular weight excluding hydrogens is 395 g/mol. The summed E-state index contributed by atoms with van der Waals surface area (Å²) < 4.78 is 70.8. The molecule has 4 rings (SSSR count). The highest BCUT2D eigenvalue weighted by Crippen LogP contribution is 2.49. The Balaban J connectivity index is 1.66. The minimum absolute atomic E-state index is 0.101. The van der Waals surface area contributed by atoms with Crippen LogP contribution in [-0.4, -0.2) is 0 Å². The molecule has 5 heteroatoms. The van der Waals surface area contributed by atoms with E-state index in [0.29, 0.717) is 41.5 Å². The molecule has 1 fully saturated rings. The highest BCUT2D eigenvalue weighted by atomic mass is 19.2. The third-order valence-corrected chi connectivity index (χ3v) is 6.68. The van der Waals surface area contributed by atoms with Crippen LogP contribution in [0.15, 0.2) is 30.4 Å². The molecular formula is C25H25F5. The topological polar surface area (TPSA) is 0 Å². The minimum atomic E-state index is -1.65. The maximum atomic E-state index is 15.3. The van der Waals surface area contributed by atoms with E-state index in [0.717, 1.165) is 38.5 Å². The summed E-state index contributed by atoms with van der Waals surface area (Å²) in [6.07, 6.45) is 10.9. The molecule has 0 unspecified atom stereocenters. The first-order chi connectivity index (χ1) is 14.4. The van der Waals surface area contributed by atoms with Gasteiger partial charge in [-0.05, 0) is 91.2 Å². The molecule has 30 heavy (non-hydrogen) atoms. The van der Waals surface area contributed by atoms with E-state index in [2.05, 4.69) is 19.1 Å². The predicted molar refractivity (Wildman–Crippen MR) is 108 cm³/mol. The number of hydrogen-bond donors (Lipinski definition) is 0. The lowest BCUT2D eigenvalue weighted by atomic mass is 9.65. The third kappa shape index (κ3) is 3.79. The van der Waals surface area contributed by atoms with Crippen molar-refractivity contribution in [2.45, 2.75) is 57.8 Å². The minimum Gasteiger partial charge on any atom is -0.206 e. The van der Waals surface area contributed by atoms with Crippen LogP contribution in [0, 0.1) is 40.9 Å². The van der Waals surface area contributed by atoms with Gasteiger partial charge in [-0.15, -0.1) is 0 Å². The van der Waals surface area contributed by atoms with Gasteiger partial charge in [-0.3, -0.25) is 0 Å². The lowest BCUT2D eigenvalue weighted by Gasteiger charge is -2.40. The van der Waals surface area contributed by atoms with Crippen LogP contribution in [0.3, 0.4) is 0 Å². The zero-order chi connectivity index (χ0) is 21.4. The van der Waals surface area contributed by atoms with Gasteiger partial charge in [0.15, 0.2) is 17.5 Å². The molecule has 0 bridgehead atoms. The van der Waals surface area contributed by atoms with Gasteiger partial charge in [0.1, 0.15) is 11.6 Å². The molecule has 0 saturated heterocycles. The molecule has 2 aromatic carbocycles. The third-order valence-electron chi connectivity index (χ3n) is 6.68. The Hall–Kier alpha value is -2.17. The van der Waals surface area contributed by atoms with E-state index >= 15 is 4.39 Å². The molecule has 0 aliphatic heterocycles. The van der Waals surface area contributed by atoms with E-state index in [4.69, 9.17) is 0 Å². The molecule has 0 N–H and O–H groups in total. The molecule has 2 aliphatic carbocycles. The molecule has 2 aliphatic rings. The van der Waals surface area contributed by atoms with Gasteiger partial charge in [-0.25, -0.2) is 22.0 Å². The molecule has 2 aromatic rings. The van der Waals surface area contributed by atoms with Gasteiger partial charge in [-0.1, -0.05) is 25.5 Å². The zero-order valence-corrected chi connectivity index (χ0v) is 17.0. The summed E-state index contributed by atoms with van der Waals surface area (Å²) in [4.78, 5) is 0. The lowest BCUT2D eigenvalue weighted by Crippen LogP contribution is -2.28. The van der Waals surface area contributed by atoms with Crippen molar-refractivity contribution < 1.29 is 22.0 Å². The fourth-order valence-electron chi connectivity index (χ4n) is 5.22. The first-order valence-corrected chi connectivity index (χ1v) is 10.7. The molecule has 3 atom stereocenters. The fraction of sp³-hybridized carbons (Fsp3) is 0.440. The van der Waals surface area contributed by atoms with Crippen LogP contribution in [-0.2, 0) is 6.42 Å². The number of unbranched alkanes of at least 4 members (excludes halogenated alkanes) is 1. The number of hydrogen-bond acceptors (Lipinski definition) is 0. The quantitative estimate of drug-likeness (QED) is 0.268. The summed E-state index contributed by atoms with van der Waals surface area (Å²) >= 11 is 0. The Morgan fingerprint density at radius 3 is 2.33 bits per heavy atom. The summed E-state index contributed by atoms with van der Waals surface area (Å²) in [5.41, 5.74) is 0.305. The van der Waals surface area contributed by atoms with E-state index in [-0.39, 0.29) is 11.5 Å². The Kier molecular flexibility index (Phi) is 5.99. The first-order valence-electron chi connectivity index (χ1n) is 10.7. The van der Waals surface area contributed by atoms with Crippen molar-refractivity contribution >= 4 is 0 Å². The second-order valence-corrected chi connectivity index (χ2v) is 8.56. The Morgan fingerprint density at radius 1 is 0.900 bits per heavy atom. The SMILES string of the molecule is CCC/C=C/[C@@H]1CC[C@@H]2c3cc(F)c(-c4cc(F)c(F)c(F)c4)c(F)c3CC[C@@H]2C1. The standard InChI is InChI=1S/C25H25F5/c1-2-3-4-5-14-6-8-17-15(10-14)7-9-18-19(17)13-20(26)23(24(18)29)16-11-21(27)25(30)22(28)12-16/h4-5,11-15,17H,2-3,6-10H2,1H3/b5-4+/t14-,15-,17+/m1/s1. The zero-order valence-electron chi connectivity index (χ0n) is 17.0. The van der Waals surface area contributed by atoms with Gasteiger partial charge in [0.05, 0.1) is 5.56 Å². The lowest BCUT2D eigenvalue weighted by molar-refractivity contribution is 0.234. The van der Waals surface area contributed by atoms with Crippen LogP contribution in [0.25, 0.3) is 11.1 Å². The van der Waals surface area contributed by atoms with Crippen molar-refractivity contribution in [3.63, 3.8) is 0 Å². The normalized spacial score (nSPS) is 23.5. The number of benzene rings is 2.